The Morgan fingerprint density at radius 3 is 2.68 bits per heavy atom. The van der Waals surface area contributed by atoms with Crippen LogP contribution in [0.25, 0.3) is 0 Å². The molecule has 2 aromatic rings. The van der Waals surface area contributed by atoms with Crippen LogP contribution in [0.15, 0.2) is 30.5 Å². The summed E-state index contributed by atoms with van der Waals surface area (Å²) in [5, 5.41) is 6.13. The minimum atomic E-state index is -0.239. The van der Waals surface area contributed by atoms with Crippen molar-refractivity contribution in [2.24, 2.45) is 0 Å². The number of amides is 1. The summed E-state index contributed by atoms with van der Waals surface area (Å²) in [5.74, 6) is 0.862. The van der Waals surface area contributed by atoms with Crippen LogP contribution in [0.3, 0.4) is 0 Å². The van der Waals surface area contributed by atoms with Crippen LogP contribution >= 0.6 is 11.6 Å². The third-order valence-electron chi connectivity index (χ3n) is 2.44. The van der Waals surface area contributed by atoms with Gasteiger partial charge in [0.15, 0.2) is 0 Å². The van der Waals surface area contributed by atoms with Crippen LogP contribution in [0.1, 0.15) is 16.1 Å². The Morgan fingerprint density at radius 2 is 2.05 bits per heavy atom. The Morgan fingerprint density at radius 1 is 1.26 bits per heavy atom. The van der Waals surface area contributed by atoms with Crippen LogP contribution in [-0.2, 0) is 0 Å². The molecule has 19 heavy (non-hydrogen) atoms. The highest BCUT2D eigenvalue weighted by molar-refractivity contribution is 6.30. The molecule has 0 aliphatic heterocycles. The summed E-state index contributed by atoms with van der Waals surface area (Å²) in [6.07, 6.45) is 1.48. The number of anilines is 2. The number of aromatic nitrogens is 2. The Balaban J connectivity index is 2.20. The molecule has 0 saturated heterocycles. The molecule has 6 heteroatoms. The van der Waals surface area contributed by atoms with E-state index in [4.69, 9.17) is 11.6 Å². The molecular formula is C13H13ClN4O. The van der Waals surface area contributed by atoms with Gasteiger partial charge in [-0.3, -0.25) is 4.79 Å². The van der Waals surface area contributed by atoms with E-state index in [9.17, 15) is 4.79 Å². The number of halogens is 1. The highest BCUT2D eigenvalue weighted by Gasteiger charge is 2.09. The van der Waals surface area contributed by atoms with Gasteiger partial charge in [-0.05, 0) is 31.2 Å². The van der Waals surface area contributed by atoms with E-state index in [2.05, 4.69) is 20.6 Å². The maximum Gasteiger partial charge on any atom is 0.257 e. The number of hydrogen-bond donors (Lipinski definition) is 2. The highest BCUT2D eigenvalue weighted by Crippen LogP contribution is 2.13. The normalized spacial score (nSPS) is 10.1. The van der Waals surface area contributed by atoms with Gasteiger partial charge in [-0.15, -0.1) is 0 Å². The number of aryl methyl sites for hydroxylation is 1. The van der Waals surface area contributed by atoms with Gasteiger partial charge in [0.25, 0.3) is 5.91 Å². The molecule has 0 aromatic carbocycles. The first-order chi connectivity index (χ1) is 9.08. The molecule has 2 heterocycles. The van der Waals surface area contributed by atoms with Crippen LogP contribution in [0, 0.1) is 6.92 Å². The Hall–Kier alpha value is -2.14. The summed E-state index contributed by atoms with van der Waals surface area (Å²) in [7, 11) is 1.75. The van der Waals surface area contributed by atoms with E-state index in [1.54, 1.807) is 31.3 Å². The number of nitrogens with one attached hydrogen (secondary N) is 2. The summed E-state index contributed by atoms with van der Waals surface area (Å²) >= 11 is 5.73. The van der Waals surface area contributed by atoms with Crippen molar-refractivity contribution in [1.82, 2.24) is 9.97 Å². The van der Waals surface area contributed by atoms with Crippen molar-refractivity contribution in [2.45, 2.75) is 6.92 Å². The van der Waals surface area contributed by atoms with Gasteiger partial charge in [0.05, 0.1) is 5.02 Å². The number of hydrogen-bond acceptors (Lipinski definition) is 4. The maximum absolute atomic E-state index is 12.1. The largest absolute Gasteiger partial charge is 0.373 e. The van der Waals surface area contributed by atoms with Crippen molar-refractivity contribution in [3.05, 3.63) is 46.7 Å². The van der Waals surface area contributed by atoms with Gasteiger partial charge in [0, 0.05) is 24.5 Å². The molecule has 98 valence electrons. The molecule has 2 aromatic heterocycles. The molecule has 0 aliphatic rings. The average Bonchev–Trinajstić information content (AvgIpc) is 2.40. The van der Waals surface area contributed by atoms with Crippen molar-refractivity contribution in [1.29, 1.82) is 0 Å². The summed E-state index contributed by atoms with van der Waals surface area (Å²) in [4.78, 5) is 20.3. The predicted molar refractivity (Wildman–Crippen MR) is 75.7 cm³/mol. The van der Waals surface area contributed by atoms with E-state index in [-0.39, 0.29) is 5.91 Å². The number of pyridine rings is 2. The van der Waals surface area contributed by atoms with Crippen molar-refractivity contribution >= 4 is 29.1 Å². The molecule has 0 fully saturated rings. The fourth-order valence-electron chi connectivity index (χ4n) is 1.57. The molecule has 0 aliphatic carbocycles. The Bertz CT molecular complexity index is 598. The maximum atomic E-state index is 12.1. The lowest BCUT2D eigenvalue weighted by molar-refractivity contribution is 0.102. The van der Waals surface area contributed by atoms with E-state index in [1.165, 1.54) is 6.20 Å². The molecule has 0 saturated carbocycles. The number of carbonyl (C=O) groups is 1. The molecule has 0 unspecified atom stereocenters. The number of nitrogens with zero attached hydrogens (tertiary/aromatic N) is 2. The Kier molecular flexibility index (Phi) is 3.97. The first-order valence-electron chi connectivity index (χ1n) is 5.68. The fourth-order valence-corrected chi connectivity index (χ4v) is 1.68. The minimum absolute atomic E-state index is 0.239. The second kappa shape index (κ2) is 5.67. The molecule has 1 amide bonds. The lowest BCUT2D eigenvalue weighted by Gasteiger charge is -2.07. The minimum Gasteiger partial charge on any atom is -0.373 e. The Labute approximate surface area is 116 Å². The first kappa shape index (κ1) is 13.3. The molecule has 0 radical (unpaired) electrons. The molecule has 2 rings (SSSR count). The summed E-state index contributed by atoms with van der Waals surface area (Å²) < 4.78 is 0. The van der Waals surface area contributed by atoms with Gasteiger partial charge < -0.3 is 10.6 Å². The van der Waals surface area contributed by atoms with Crippen LogP contribution in [-0.4, -0.2) is 22.9 Å². The second-order valence-electron chi connectivity index (χ2n) is 3.95. The van der Waals surface area contributed by atoms with Gasteiger partial charge in [-0.1, -0.05) is 11.6 Å². The molecule has 0 bridgehead atoms. The van der Waals surface area contributed by atoms with Crippen LogP contribution in [0.2, 0.25) is 5.02 Å². The van der Waals surface area contributed by atoms with Gasteiger partial charge in [-0.2, -0.15) is 0 Å². The molecule has 5 nitrogen and oxygen atoms in total. The van der Waals surface area contributed by atoms with E-state index in [1.807, 2.05) is 6.92 Å². The smallest absolute Gasteiger partial charge is 0.257 e. The van der Waals surface area contributed by atoms with Gasteiger partial charge in [0.2, 0.25) is 0 Å². The SMILES string of the molecule is CNc1cc(C(=O)Nc2ccc(Cl)cn2)cc(C)n1. The third-order valence-corrected chi connectivity index (χ3v) is 2.66. The van der Waals surface area contributed by atoms with Crippen LogP contribution < -0.4 is 10.6 Å². The van der Waals surface area contributed by atoms with Crippen molar-refractivity contribution < 1.29 is 4.79 Å². The topological polar surface area (TPSA) is 66.9 Å². The summed E-state index contributed by atoms with van der Waals surface area (Å²) in [6, 6.07) is 6.71. The lowest BCUT2D eigenvalue weighted by atomic mass is 10.2. The van der Waals surface area contributed by atoms with Gasteiger partial charge in [0.1, 0.15) is 11.6 Å². The quantitative estimate of drug-likeness (QED) is 0.905. The van der Waals surface area contributed by atoms with Crippen molar-refractivity contribution in [3.8, 4) is 0 Å². The predicted octanol–water partition coefficient (Wildman–Crippen LogP) is 2.73. The molecule has 2 N–H and O–H groups in total. The fraction of sp³-hybridized carbons (Fsp3) is 0.154. The number of carbonyl (C=O) groups excluding carboxylic acids is 1. The van der Waals surface area contributed by atoms with Gasteiger partial charge >= 0.3 is 0 Å². The zero-order valence-electron chi connectivity index (χ0n) is 10.6. The van der Waals surface area contributed by atoms with Crippen molar-refractivity contribution in [3.63, 3.8) is 0 Å². The van der Waals surface area contributed by atoms with E-state index >= 15 is 0 Å². The van der Waals surface area contributed by atoms with E-state index < -0.39 is 0 Å². The molecular weight excluding hydrogens is 264 g/mol. The third kappa shape index (κ3) is 3.42. The van der Waals surface area contributed by atoms with Crippen LogP contribution in [0.5, 0.6) is 0 Å². The first-order valence-corrected chi connectivity index (χ1v) is 6.05. The monoisotopic (exact) mass is 276 g/mol. The van der Waals surface area contributed by atoms with Crippen molar-refractivity contribution in [2.75, 3.05) is 17.7 Å². The van der Waals surface area contributed by atoms with E-state index in [0.29, 0.717) is 22.2 Å². The van der Waals surface area contributed by atoms with Gasteiger partial charge in [-0.25, -0.2) is 9.97 Å². The zero-order valence-corrected chi connectivity index (χ0v) is 11.3. The average molecular weight is 277 g/mol. The lowest BCUT2D eigenvalue weighted by Crippen LogP contribution is -2.13. The zero-order chi connectivity index (χ0) is 13.8. The van der Waals surface area contributed by atoms with E-state index in [0.717, 1.165) is 5.69 Å². The molecule has 0 spiro atoms. The highest BCUT2D eigenvalue weighted by atomic mass is 35.5. The standard InChI is InChI=1S/C13H13ClN4O/c1-8-5-9(6-12(15-2)17-8)13(19)18-11-4-3-10(14)7-16-11/h3-7H,1-2H3,(H,15,17)(H,16,18,19). The summed E-state index contributed by atoms with van der Waals surface area (Å²) in [5.41, 5.74) is 1.29. The summed E-state index contributed by atoms with van der Waals surface area (Å²) in [6.45, 7) is 1.83. The number of rotatable bonds is 3. The second-order valence-corrected chi connectivity index (χ2v) is 4.38. The molecule has 0 atom stereocenters. The van der Waals surface area contributed by atoms with Crippen LogP contribution in [0.4, 0.5) is 11.6 Å².